The molecule has 5 aromatic rings. The fraction of sp³-hybridized carbons (Fsp3) is 0.211. The van der Waals surface area contributed by atoms with Gasteiger partial charge in [0.05, 0.1) is 24.6 Å². The smallest absolute Gasteiger partial charge is 0.256 e. The molecule has 5 rings (SSSR count). The Hall–Kier alpha value is -3.84. The van der Waals surface area contributed by atoms with Crippen molar-refractivity contribution in [3.63, 3.8) is 0 Å². The van der Waals surface area contributed by atoms with Gasteiger partial charge in [-0.25, -0.2) is 0 Å². The number of hydrogen-bond acceptors (Lipinski definition) is 4. The first kappa shape index (κ1) is 31.6. The van der Waals surface area contributed by atoms with Gasteiger partial charge in [-0.05, 0) is 62.1 Å². The topological polar surface area (TPSA) is 52.6 Å². The highest BCUT2D eigenvalue weighted by Gasteiger charge is 2.29. The summed E-state index contributed by atoms with van der Waals surface area (Å²) in [6, 6.07) is 39.3. The molecule has 0 aliphatic carbocycles. The fourth-order valence-corrected chi connectivity index (χ4v) is 10.1. The average Bonchev–Trinajstić information content (AvgIpc) is 2.93. The van der Waals surface area contributed by atoms with Crippen LogP contribution in [0.3, 0.4) is 0 Å². The number of aryl methyl sites for hydroxylation is 4. The zero-order valence-corrected chi connectivity index (χ0v) is 27.7. The Kier molecular flexibility index (Phi) is 9.94. The zero-order valence-electron chi connectivity index (χ0n) is 25.9. The van der Waals surface area contributed by atoms with E-state index in [0.29, 0.717) is 36.1 Å². The summed E-state index contributed by atoms with van der Waals surface area (Å²) in [6.07, 6.45) is 1.19. The minimum absolute atomic E-state index is 0.299. The lowest BCUT2D eigenvalue weighted by atomic mass is 10.2. The van der Waals surface area contributed by atoms with Crippen LogP contribution in [0.4, 0.5) is 0 Å². The Labute approximate surface area is 262 Å². The third-order valence-electron chi connectivity index (χ3n) is 7.37. The molecule has 0 aliphatic rings. The van der Waals surface area contributed by atoms with E-state index >= 15 is 0 Å². The van der Waals surface area contributed by atoms with Crippen molar-refractivity contribution in [2.24, 2.45) is 0 Å². The average molecular weight is 623 g/mol. The van der Waals surface area contributed by atoms with Crippen LogP contribution in [-0.4, -0.2) is 0 Å². The van der Waals surface area contributed by atoms with E-state index in [0.717, 1.165) is 44.5 Å². The molecule has 0 heterocycles. The molecule has 4 nitrogen and oxygen atoms in total. The molecule has 0 N–H and O–H groups in total. The first-order valence-corrected chi connectivity index (χ1v) is 18.9. The van der Waals surface area contributed by atoms with Gasteiger partial charge < -0.3 is 9.05 Å². The third kappa shape index (κ3) is 9.08. The lowest BCUT2D eigenvalue weighted by Crippen LogP contribution is -2.03. The highest BCUT2D eigenvalue weighted by molar-refractivity contribution is 7.58. The van der Waals surface area contributed by atoms with Crippen molar-refractivity contribution in [1.82, 2.24) is 0 Å². The molecule has 0 saturated carbocycles. The van der Waals surface area contributed by atoms with Crippen LogP contribution in [0.2, 0.25) is 0 Å². The molecule has 0 atom stereocenters. The van der Waals surface area contributed by atoms with Gasteiger partial charge >= 0.3 is 0 Å². The predicted molar refractivity (Wildman–Crippen MR) is 182 cm³/mol. The van der Waals surface area contributed by atoms with Crippen LogP contribution >= 0.6 is 14.7 Å². The standard InChI is InChI=1S/C38H40O4P2/c1-29-10-5-14-33(20-29)25-43(39,26-34-15-6-11-30(2)21-34)41-37-18-9-19-38(24-37)42-44(40,27-35-16-7-12-31(3)22-35)28-36-17-8-13-32(4)23-36/h5-24H,25-28H2,1-4H3. The van der Waals surface area contributed by atoms with Gasteiger partial charge in [0.25, 0.3) is 14.7 Å². The van der Waals surface area contributed by atoms with Crippen LogP contribution in [0.1, 0.15) is 44.5 Å². The van der Waals surface area contributed by atoms with Crippen molar-refractivity contribution in [3.8, 4) is 11.5 Å². The van der Waals surface area contributed by atoms with E-state index in [1.807, 2.05) is 100 Å². The summed E-state index contributed by atoms with van der Waals surface area (Å²) in [5.74, 6) is 0.868. The molecular weight excluding hydrogens is 582 g/mol. The molecule has 0 unspecified atom stereocenters. The second-order valence-electron chi connectivity index (χ2n) is 11.9. The summed E-state index contributed by atoms with van der Waals surface area (Å²) < 4.78 is 41.9. The molecule has 6 heteroatoms. The molecule has 5 aromatic carbocycles. The highest BCUT2D eigenvalue weighted by atomic mass is 31.2. The maximum atomic E-state index is 14.6. The number of benzene rings is 5. The second kappa shape index (κ2) is 13.9. The van der Waals surface area contributed by atoms with Crippen LogP contribution in [0, 0.1) is 27.7 Å². The predicted octanol–water partition coefficient (Wildman–Crippen LogP) is 11.0. The van der Waals surface area contributed by atoms with Crippen LogP contribution in [0.5, 0.6) is 11.5 Å². The summed E-state index contributed by atoms with van der Waals surface area (Å²) in [6.45, 7) is 8.12. The molecule has 226 valence electrons. The van der Waals surface area contributed by atoms with Gasteiger partial charge in [-0.2, -0.15) is 0 Å². The summed E-state index contributed by atoms with van der Waals surface area (Å²) in [4.78, 5) is 0. The van der Waals surface area contributed by atoms with Crippen molar-refractivity contribution in [1.29, 1.82) is 0 Å². The summed E-state index contributed by atoms with van der Waals surface area (Å²) in [5, 5.41) is 0. The first-order valence-electron chi connectivity index (χ1n) is 14.9. The summed E-state index contributed by atoms with van der Waals surface area (Å²) >= 11 is 0. The number of hydrogen-bond donors (Lipinski definition) is 0. The van der Waals surface area contributed by atoms with Crippen molar-refractivity contribution in [3.05, 3.63) is 166 Å². The van der Waals surface area contributed by atoms with Crippen molar-refractivity contribution >= 4 is 14.7 Å². The van der Waals surface area contributed by atoms with E-state index in [1.54, 1.807) is 24.3 Å². The van der Waals surface area contributed by atoms with Gasteiger partial charge in [-0.1, -0.05) is 125 Å². The largest absolute Gasteiger partial charge is 0.442 e. The molecular formula is C38H40O4P2. The minimum atomic E-state index is -3.24. The van der Waals surface area contributed by atoms with E-state index < -0.39 is 14.7 Å². The van der Waals surface area contributed by atoms with Gasteiger partial charge in [0, 0.05) is 6.07 Å². The lowest BCUT2D eigenvalue weighted by molar-refractivity contribution is 0.469. The Bertz CT molecular complexity index is 1610. The maximum Gasteiger partial charge on any atom is 0.256 e. The Morgan fingerprint density at radius 2 is 0.682 bits per heavy atom. The SMILES string of the molecule is Cc1cccc(CP(=O)(Cc2cccc(C)c2)Oc2cccc(OP(=O)(Cc3cccc(C)c3)Cc3cccc(C)c3)c2)c1. The maximum absolute atomic E-state index is 14.6. The van der Waals surface area contributed by atoms with E-state index in [2.05, 4.69) is 24.3 Å². The van der Waals surface area contributed by atoms with Crippen molar-refractivity contribution in [2.75, 3.05) is 0 Å². The van der Waals surface area contributed by atoms with E-state index in [4.69, 9.17) is 9.05 Å². The summed E-state index contributed by atoms with van der Waals surface area (Å²) in [5.41, 5.74) is 8.30. The van der Waals surface area contributed by atoms with Gasteiger partial charge in [0.2, 0.25) is 0 Å². The van der Waals surface area contributed by atoms with Crippen molar-refractivity contribution in [2.45, 2.75) is 52.3 Å². The molecule has 0 saturated heterocycles. The minimum Gasteiger partial charge on any atom is -0.442 e. The Balaban J connectivity index is 1.44. The molecule has 0 bridgehead atoms. The van der Waals surface area contributed by atoms with E-state index in [-0.39, 0.29) is 0 Å². The molecule has 0 aliphatic heterocycles. The van der Waals surface area contributed by atoms with Crippen LogP contribution in [-0.2, 0) is 33.8 Å². The quantitative estimate of drug-likeness (QED) is 0.130. The Morgan fingerprint density at radius 3 is 0.955 bits per heavy atom. The van der Waals surface area contributed by atoms with E-state index in [1.165, 1.54) is 0 Å². The molecule has 0 spiro atoms. The number of rotatable bonds is 12. The van der Waals surface area contributed by atoms with Gasteiger partial charge in [0.1, 0.15) is 11.5 Å². The third-order valence-corrected chi connectivity index (χ3v) is 11.8. The normalized spacial score (nSPS) is 11.7. The van der Waals surface area contributed by atoms with E-state index in [9.17, 15) is 9.13 Å². The molecule has 0 aromatic heterocycles. The second-order valence-corrected chi connectivity index (χ2v) is 16.8. The summed E-state index contributed by atoms with van der Waals surface area (Å²) in [7, 11) is -6.48. The fourth-order valence-electron chi connectivity index (χ4n) is 5.57. The lowest BCUT2D eigenvalue weighted by Gasteiger charge is -2.23. The van der Waals surface area contributed by atoms with Gasteiger partial charge in [-0.3, -0.25) is 9.13 Å². The highest BCUT2D eigenvalue weighted by Crippen LogP contribution is 2.56. The van der Waals surface area contributed by atoms with Crippen LogP contribution in [0.25, 0.3) is 0 Å². The monoisotopic (exact) mass is 622 g/mol. The van der Waals surface area contributed by atoms with Gasteiger partial charge in [-0.15, -0.1) is 0 Å². The van der Waals surface area contributed by atoms with Crippen molar-refractivity contribution < 1.29 is 18.2 Å². The first-order chi connectivity index (χ1) is 21.0. The zero-order chi connectivity index (χ0) is 31.2. The molecule has 0 amide bonds. The Morgan fingerprint density at radius 1 is 0.409 bits per heavy atom. The molecule has 0 radical (unpaired) electrons. The molecule has 44 heavy (non-hydrogen) atoms. The van der Waals surface area contributed by atoms with Crippen LogP contribution < -0.4 is 9.05 Å². The van der Waals surface area contributed by atoms with Crippen LogP contribution in [0.15, 0.2) is 121 Å². The molecule has 0 fully saturated rings. The van der Waals surface area contributed by atoms with Gasteiger partial charge in [0.15, 0.2) is 0 Å².